The van der Waals surface area contributed by atoms with E-state index in [1.165, 1.54) is 10.9 Å². The van der Waals surface area contributed by atoms with Gasteiger partial charge in [-0.25, -0.2) is 5.01 Å². The predicted molar refractivity (Wildman–Crippen MR) is 69.6 cm³/mol. The Labute approximate surface area is 105 Å². The third kappa shape index (κ3) is 1.60. The molecule has 1 aliphatic heterocycles. The van der Waals surface area contributed by atoms with Crippen LogP contribution in [0.25, 0.3) is 10.9 Å². The van der Waals surface area contributed by atoms with Gasteiger partial charge in [-0.1, -0.05) is 18.2 Å². The Morgan fingerprint density at radius 2 is 2.28 bits per heavy atom. The molecule has 1 unspecified atom stereocenters. The second-order valence-electron chi connectivity index (χ2n) is 4.63. The number of carbonyl (C=O) groups excluding carboxylic acids is 1. The molecular weight excluding hydrogens is 228 g/mol. The van der Waals surface area contributed by atoms with Gasteiger partial charge >= 0.3 is 0 Å². The van der Waals surface area contributed by atoms with Gasteiger partial charge in [0.1, 0.15) is 6.04 Å². The Kier molecular flexibility index (Phi) is 2.57. The van der Waals surface area contributed by atoms with E-state index in [0.717, 1.165) is 11.2 Å². The smallest absolute Gasteiger partial charge is 0.238 e. The fraction of sp³-hybridized carbons (Fsp3) is 0.308. The minimum absolute atomic E-state index is 0.0339. The van der Waals surface area contributed by atoms with Crippen LogP contribution in [-0.2, 0) is 17.8 Å². The van der Waals surface area contributed by atoms with E-state index < -0.39 is 0 Å². The summed E-state index contributed by atoms with van der Waals surface area (Å²) in [5.74, 6) is 5.91. The Hall–Kier alpha value is -1.85. The summed E-state index contributed by atoms with van der Waals surface area (Å²) < 4.78 is 0. The molecule has 1 aromatic heterocycles. The van der Waals surface area contributed by atoms with Crippen LogP contribution in [0.1, 0.15) is 11.3 Å². The van der Waals surface area contributed by atoms with Crippen molar-refractivity contribution in [2.75, 3.05) is 7.05 Å². The molecule has 3 rings (SSSR count). The highest BCUT2D eigenvalue weighted by Gasteiger charge is 2.31. The van der Waals surface area contributed by atoms with Crippen LogP contribution in [0.15, 0.2) is 24.3 Å². The minimum Gasteiger partial charge on any atom is -0.358 e. The molecule has 2 heterocycles. The van der Waals surface area contributed by atoms with Gasteiger partial charge in [-0.3, -0.25) is 10.6 Å². The molecular formula is C13H16N4O. The standard InChI is InChI=1S/C13H16N4O/c1-15-13(18)12-6-9-8-4-2-3-5-10(8)16-11(9)7-17(12)14/h2-5,12,16H,6-7,14H2,1H3,(H,15,18). The second kappa shape index (κ2) is 4.12. The number of nitrogens with zero attached hydrogens (tertiary/aromatic N) is 1. The summed E-state index contributed by atoms with van der Waals surface area (Å²) in [6, 6.07) is 7.85. The van der Waals surface area contributed by atoms with E-state index in [2.05, 4.69) is 16.4 Å². The number of carbonyl (C=O) groups is 1. The zero-order chi connectivity index (χ0) is 12.7. The van der Waals surface area contributed by atoms with Crippen molar-refractivity contribution in [3.8, 4) is 0 Å². The molecule has 0 radical (unpaired) electrons. The van der Waals surface area contributed by atoms with Crippen molar-refractivity contribution in [2.45, 2.75) is 19.0 Å². The monoisotopic (exact) mass is 244 g/mol. The fourth-order valence-corrected chi connectivity index (χ4v) is 2.64. The zero-order valence-corrected chi connectivity index (χ0v) is 10.2. The molecule has 18 heavy (non-hydrogen) atoms. The van der Waals surface area contributed by atoms with Crippen molar-refractivity contribution in [2.24, 2.45) is 5.84 Å². The third-order valence-electron chi connectivity index (χ3n) is 3.59. The Morgan fingerprint density at radius 1 is 1.50 bits per heavy atom. The summed E-state index contributed by atoms with van der Waals surface area (Å²) >= 11 is 0. The summed E-state index contributed by atoms with van der Waals surface area (Å²) in [5.41, 5.74) is 3.42. The zero-order valence-electron chi connectivity index (χ0n) is 10.2. The lowest BCUT2D eigenvalue weighted by atomic mass is 9.97. The molecule has 1 atom stereocenters. The van der Waals surface area contributed by atoms with Gasteiger partial charge in [0.25, 0.3) is 0 Å². The normalized spacial score (nSPS) is 19.8. The largest absolute Gasteiger partial charge is 0.358 e. The van der Waals surface area contributed by atoms with Crippen molar-refractivity contribution in [3.63, 3.8) is 0 Å². The Morgan fingerprint density at radius 3 is 3.06 bits per heavy atom. The molecule has 0 saturated heterocycles. The van der Waals surface area contributed by atoms with Crippen LogP contribution in [0.3, 0.4) is 0 Å². The van der Waals surface area contributed by atoms with Crippen LogP contribution in [-0.4, -0.2) is 29.0 Å². The Balaban J connectivity index is 2.06. The van der Waals surface area contributed by atoms with Crippen molar-refractivity contribution in [1.29, 1.82) is 0 Å². The number of hydrogen-bond donors (Lipinski definition) is 3. The number of fused-ring (bicyclic) bond motifs is 3. The number of hydrazine groups is 1. The maximum atomic E-state index is 11.8. The number of rotatable bonds is 1. The van der Waals surface area contributed by atoms with Gasteiger partial charge < -0.3 is 10.3 Å². The van der Waals surface area contributed by atoms with Crippen molar-refractivity contribution >= 4 is 16.8 Å². The van der Waals surface area contributed by atoms with Gasteiger partial charge in [-0.05, 0) is 11.6 Å². The van der Waals surface area contributed by atoms with E-state index >= 15 is 0 Å². The van der Waals surface area contributed by atoms with Gasteiger partial charge in [-0.15, -0.1) is 0 Å². The SMILES string of the molecule is CNC(=O)C1Cc2c([nH]c3ccccc23)CN1N. The molecule has 5 nitrogen and oxygen atoms in total. The van der Waals surface area contributed by atoms with Crippen molar-refractivity contribution < 1.29 is 4.79 Å². The molecule has 0 bridgehead atoms. The first-order chi connectivity index (χ1) is 8.70. The number of likely N-dealkylation sites (N-methyl/N-ethyl adjacent to an activating group) is 1. The number of hydrogen-bond acceptors (Lipinski definition) is 3. The van der Waals surface area contributed by atoms with Crippen LogP contribution < -0.4 is 11.2 Å². The van der Waals surface area contributed by atoms with Gasteiger partial charge in [-0.2, -0.15) is 0 Å². The predicted octanol–water partition coefficient (Wildman–Crippen LogP) is 0.514. The third-order valence-corrected chi connectivity index (χ3v) is 3.59. The topological polar surface area (TPSA) is 74.2 Å². The molecule has 0 spiro atoms. The first kappa shape index (κ1) is 11.3. The number of amides is 1. The van der Waals surface area contributed by atoms with Crippen LogP contribution in [0, 0.1) is 0 Å². The number of aromatic amines is 1. The highest BCUT2D eigenvalue weighted by atomic mass is 16.2. The fourth-order valence-electron chi connectivity index (χ4n) is 2.64. The summed E-state index contributed by atoms with van der Waals surface area (Å²) in [4.78, 5) is 15.2. The van der Waals surface area contributed by atoms with Crippen LogP contribution in [0.4, 0.5) is 0 Å². The van der Waals surface area contributed by atoms with Gasteiger partial charge in [0.15, 0.2) is 0 Å². The summed E-state index contributed by atoms with van der Waals surface area (Å²) in [6.45, 7) is 0.572. The summed E-state index contributed by atoms with van der Waals surface area (Å²) in [6.07, 6.45) is 0.648. The molecule has 0 saturated carbocycles. The van der Waals surface area contributed by atoms with E-state index in [1.807, 2.05) is 18.2 Å². The lowest BCUT2D eigenvalue weighted by Crippen LogP contribution is -2.52. The average Bonchev–Trinajstić information content (AvgIpc) is 2.74. The second-order valence-corrected chi connectivity index (χ2v) is 4.63. The van der Waals surface area contributed by atoms with Crippen LogP contribution in [0.2, 0.25) is 0 Å². The molecule has 5 heteroatoms. The molecule has 1 aromatic carbocycles. The first-order valence-corrected chi connectivity index (χ1v) is 6.02. The summed E-state index contributed by atoms with van der Waals surface area (Å²) in [7, 11) is 1.64. The Bertz CT molecular complexity index is 604. The lowest BCUT2D eigenvalue weighted by Gasteiger charge is -2.30. The summed E-state index contributed by atoms with van der Waals surface area (Å²) in [5, 5.41) is 5.45. The maximum Gasteiger partial charge on any atom is 0.238 e. The van der Waals surface area contributed by atoms with E-state index in [1.54, 1.807) is 12.1 Å². The van der Waals surface area contributed by atoms with Crippen molar-refractivity contribution in [3.05, 3.63) is 35.5 Å². The number of aromatic nitrogens is 1. The molecule has 1 aliphatic rings. The van der Waals surface area contributed by atoms with Crippen LogP contribution in [0.5, 0.6) is 0 Å². The van der Waals surface area contributed by atoms with Gasteiger partial charge in [0.2, 0.25) is 5.91 Å². The van der Waals surface area contributed by atoms with E-state index in [4.69, 9.17) is 5.84 Å². The van der Waals surface area contributed by atoms with Gasteiger partial charge in [0.05, 0.1) is 6.54 Å². The molecule has 2 aromatic rings. The number of para-hydroxylation sites is 1. The maximum absolute atomic E-state index is 11.8. The van der Waals surface area contributed by atoms with Gasteiger partial charge in [0, 0.05) is 30.1 Å². The van der Waals surface area contributed by atoms with E-state index in [0.29, 0.717) is 13.0 Å². The number of H-pyrrole nitrogens is 1. The number of nitrogens with one attached hydrogen (secondary N) is 2. The number of nitrogens with two attached hydrogens (primary N) is 1. The minimum atomic E-state index is -0.290. The molecule has 1 amide bonds. The van der Waals surface area contributed by atoms with E-state index in [9.17, 15) is 4.79 Å². The highest BCUT2D eigenvalue weighted by Crippen LogP contribution is 2.28. The molecule has 0 fully saturated rings. The van der Waals surface area contributed by atoms with Crippen molar-refractivity contribution in [1.82, 2.24) is 15.3 Å². The highest BCUT2D eigenvalue weighted by molar-refractivity contribution is 5.87. The van der Waals surface area contributed by atoms with E-state index in [-0.39, 0.29) is 11.9 Å². The lowest BCUT2D eigenvalue weighted by molar-refractivity contribution is -0.126. The molecule has 94 valence electrons. The quantitative estimate of drug-likeness (QED) is 0.640. The van der Waals surface area contributed by atoms with Crippen LogP contribution >= 0.6 is 0 Å². The molecule has 0 aliphatic carbocycles. The molecule has 4 N–H and O–H groups in total. The number of benzene rings is 1. The average molecular weight is 244 g/mol. The first-order valence-electron chi connectivity index (χ1n) is 6.02.